The molecule has 0 spiro atoms. The van der Waals surface area contributed by atoms with Crippen LogP contribution >= 0.6 is 34.8 Å². The van der Waals surface area contributed by atoms with E-state index in [4.69, 9.17) is 50.5 Å². The van der Waals surface area contributed by atoms with E-state index in [1.54, 1.807) is 104 Å². The van der Waals surface area contributed by atoms with E-state index in [2.05, 4.69) is 15.3 Å². The molecule has 2 saturated carbocycles. The zero-order valence-corrected chi connectivity index (χ0v) is 51.3. The van der Waals surface area contributed by atoms with Gasteiger partial charge in [0.05, 0.1) is 52.1 Å². The summed E-state index contributed by atoms with van der Waals surface area (Å²) < 4.78 is 56.6. The van der Waals surface area contributed by atoms with Crippen molar-refractivity contribution in [1.82, 2.24) is 33.2 Å². The van der Waals surface area contributed by atoms with Gasteiger partial charge in [0, 0.05) is 107 Å². The van der Waals surface area contributed by atoms with Crippen molar-refractivity contribution in [3.63, 3.8) is 0 Å². The lowest BCUT2D eigenvalue weighted by atomic mass is 9.83. The maximum atomic E-state index is 13.6. The van der Waals surface area contributed by atoms with Gasteiger partial charge in [-0.3, -0.25) is 29.8 Å². The van der Waals surface area contributed by atoms with Crippen LogP contribution in [0.1, 0.15) is 83.7 Å². The Kier molecular flexibility index (Phi) is 19.7. The quantitative estimate of drug-likeness (QED) is 0.0548. The first kappa shape index (κ1) is 63.3. The molecular formula is C64H57Cl3N10O10S2. The number of carbonyl (C=O) groups excluding carboxylic acids is 2. The zero-order chi connectivity index (χ0) is 63.0. The van der Waals surface area contributed by atoms with E-state index >= 15 is 0 Å². The Morgan fingerprint density at radius 1 is 0.562 bits per heavy atom. The van der Waals surface area contributed by atoms with E-state index in [1.807, 2.05) is 30.3 Å². The second-order valence-corrected chi connectivity index (χ2v) is 26.4. The molecule has 0 radical (unpaired) electrons. The fourth-order valence-electron chi connectivity index (χ4n) is 11.2. The molecule has 0 saturated heterocycles. The summed E-state index contributed by atoms with van der Waals surface area (Å²) in [4.78, 5) is 62.3. The highest BCUT2D eigenvalue weighted by atomic mass is 35.5. The predicted octanol–water partition coefficient (Wildman–Crippen LogP) is 13.5. The highest BCUT2D eigenvalue weighted by Gasteiger charge is 2.29. The average molecular weight is 1300 g/mol. The first-order valence-electron chi connectivity index (χ1n) is 28.3. The molecule has 20 nitrogen and oxygen atoms in total. The summed E-state index contributed by atoms with van der Waals surface area (Å²) in [7, 11) is -7.66. The van der Waals surface area contributed by atoms with Crippen LogP contribution in [0.25, 0.3) is 44.3 Å². The minimum absolute atomic E-state index is 0.0515. The molecule has 1 amide bonds. The summed E-state index contributed by atoms with van der Waals surface area (Å²) in [5.74, 6) is 1.68. The standard InChI is InChI=1S/C32H28ClN5O5S.C25H25ClN4O2S.C7H4ClNO3/c33-28-19-34-30(18-21-7-6-8-23(17-21)35-32(39)22-13-15-24(16-14-22)38(40)41)36-31(28)27-20-37(29-12-5-4-11-26(27)29)44(42,43)25-9-2-1-3-10-25;26-22-15-28-24(14-17-7-6-8-18(27)13-17)29-25(22)21-16-30(23-12-5-4-11-20(21)23)33(31,32)19-9-2-1-3-10-19;8-7(10)5-1-3-6(4-2-5)9(11)12/h1-5,9-16,19-21,23H,6-8,17-18H2,(H,35,39);1-5,9-12,15-18H,6-8,13-14,27H2;1-4H. The molecule has 2 fully saturated rings. The Morgan fingerprint density at radius 3 is 1.42 bits per heavy atom. The molecule has 25 heteroatoms. The number of non-ortho nitro benzene ring substituents is 2. The number of halogens is 3. The number of fused-ring (bicyclic) bond motifs is 2. The van der Waals surface area contributed by atoms with Gasteiger partial charge in [0.15, 0.2) is 0 Å². The predicted molar refractivity (Wildman–Crippen MR) is 341 cm³/mol. The number of hydrogen-bond donors (Lipinski definition) is 2. The first-order chi connectivity index (χ1) is 42.7. The number of nitrogens with one attached hydrogen (secondary N) is 1. The van der Waals surface area contributed by atoms with Crippen molar-refractivity contribution < 1.29 is 36.3 Å². The number of rotatable bonds is 15. The van der Waals surface area contributed by atoms with E-state index in [0.717, 1.165) is 63.2 Å². The van der Waals surface area contributed by atoms with Crippen LogP contribution in [0.3, 0.4) is 0 Å². The molecule has 456 valence electrons. The van der Waals surface area contributed by atoms with Crippen LogP contribution in [-0.2, 0) is 32.9 Å². The van der Waals surface area contributed by atoms with Crippen molar-refractivity contribution in [2.75, 3.05) is 0 Å². The van der Waals surface area contributed by atoms with Crippen LogP contribution in [-0.4, -0.2) is 77.8 Å². The maximum Gasteiger partial charge on any atom is 0.269 e. The fourth-order valence-corrected chi connectivity index (χ4v) is 14.5. The van der Waals surface area contributed by atoms with Crippen molar-refractivity contribution >= 4 is 99.2 Å². The van der Waals surface area contributed by atoms with Gasteiger partial charge in [0.2, 0.25) is 0 Å². The number of aromatic nitrogens is 6. The number of nitrogens with two attached hydrogens (primary N) is 1. The van der Waals surface area contributed by atoms with E-state index in [9.17, 15) is 46.7 Å². The summed E-state index contributed by atoms with van der Waals surface area (Å²) in [5, 5.41) is 25.7. The number of para-hydroxylation sites is 2. The summed E-state index contributed by atoms with van der Waals surface area (Å²) in [6.45, 7) is 0. The Balaban J connectivity index is 0.000000170. The van der Waals surface area contributed by atoms with Crippen molar-refractivity contribution in [1.29, 1.82) is 0 Å². The van der Waals surface area contributed by atoms with Gasteiger partial charge in [-0.05, 0) is 123 Å². The summed E-state index contributed by atoms with van der Waals surface area (Å²) in [5.41, 5.74) is 9.99. The number of amides is 1. The normalized spacial score (nSPS) is 16.7. The van der Waals surface area contributed by atoms with Gasteiger partial charge < -0.3 is 11.1 Å². The molecular weight excluding hydrogens is 1240 g/mol. The van der Waals surface area contributed by atoms with E-state index in [1.165, 1.54) is 56.5 Å². The third-order valence-corrected chi connectivity index (χ3v) is 19.7. The average Bonchev–Trinajstić information content (AvgIpc) is 1.63. The molecule has 2 aliphatic rings. The lowest BCUT2D eigenvalue weighted by Crippen LogP contribution is -2.38. The SMILES string of the molecule is NC1CCCC(Cc2ncc(Cl)c(-c3cn(S(=O)(=O)c4ccccc4)c4ccccc34)n2)C1.O=C(Cl)c1ccc([N+](=O)[O-])cc1.O=C(NC1CCCC(Cc2ncc(Cl)c(-c3cn(S(=O)(=O)c4ccccc4)c4ccccc34)n2)C1)c1ccc([N+](=O)[O-])cc1. The van der Waals surface area contributed by atoms with Crippen molar-refractivity contribution in [3.8, 4) is 22.5 Å². The lowest BCUT2D eigenvalue weighted by molar-refractivity contribution is -0.385. The molecule has 12 rings (SSSR count). The zero-order valence-electron chi connectivity index (χ0n) is 47.4. The van der Waals surface area contributed by atoms with Gasteiger partial charge in [-0.25, -0.2) is 44.7 Å². The van der Waals surface area contributed by atoms with E-state index < -0.39 is 35.1 Å². The second kappa shape index (κ2) is 27.7. The molecule has 0 bridgehead atoms. The molecule has 2 aliphatic carbocycles. The molecule has 3 N–H and O–H groups in total. The van der Waals surface area contributed by atoms with Crippen molar-refractivity contribution in [2.24, 2.45) is 17.6 Å². The number of hydrogen-bond acceptors (Lipinski definition) is 15. The van der Waals surface area contributed by atoms with Crippen LogP contribution in [0.5, 0.6) is 0 Å². The number of benzene rings is 6. The highest BCUT2D eigenvalue weighted by molar-refractivity contribution is 7.90. The van der Waals surface area contributed by atoms with Gasteiger partial charge in [-0.1, -0.05) is 109 Å². The van der Waals surface area contributed by atoms with Crippen LogP contribution < -0.4 is 11.1 Å². The summed E-state index contributed by atoms with van der Waals surface area (Å²) >= 11 is 18.3. The molecule has 4 heterocycles. The monoisotopic (exact) mass is 1290 g/mol. The minimum Gasteiger partial charge on any atom is -0.349 e. The second-order valence-electron chi connectivity index (χ2n) is 21.6. The third-order valence-electron chi connectivity index (χ3n) is 15.6. The Labute approximate surface area is 527 Å². The topological polar surface area (TPSA) is 288 Å². The van der Waals surface area contributed by atoms with Gasteiger partial charge in [-0.15, -0.1) is 0 Å². The molecule has 4 atom stereocenters. The lowest BCUT2D eigenvalue weighted by Gasteiger charge is -2.29. The van der Waals surface area contributed by atoms with Gasteiger partial charge in [0.25, 0.3) is 42.6 Å². The number of nitrogens with zero attached hydrogens (tertiary/aromatic N) is 8. The van der Waals surface area contributed by atoms with Crippen molar-refractivity contribution in [3.05, 3.63) is 236 Å². The minimum atomic E-state index is -3.87. The van der Waals surface area contributed by atoms with Crippen molar-refractivity contribution in [2.45, 2.75) is 86.1 Å². The number of nitro groups is 2. The van der Waals surface area contributed by atoms with Crippen LogP contribution in [0.2, 0.25) is 10.0 Å². The van der Waals surface area contributed by atoms with E-state index in [0.29, 0.717) is 78.5 Å². The number of nitro benzene ring substituents is 2. The van der Waals surface area contributed by atoms with Crippen LogP contribution in [0.4, 0.5) is 11.4 Å². The first-order valence-corrected chi connectivity index (χ1v) is 32.4. The third kappa shape index (κ3) is 14.7. The molecule has 4 aromatic heterocycles. The highest BCUT2D eigenvalue weighted by Crippen LogP contribution is 2.38. The Hall–Kier alpha value is -8.77. The molecule has 6 aromatic carbocycles. The van der Waals surface area contributed by atoms with Gasteiger partial charge in [-0.2, -0.15) is 0 Å². The summed E-state index contributed by atoms with van der Waals surface area (Å²) in [6, 6.07) is 42.1. The van der Waals surface area contributed by atoms with Crippen LogP contribution in [0, 0.1) is 32.1 Å². The molecule has 4 unspecified atom stereocenters. The number of carbonyl (C=O) groups is 2. The maximum absolute atomic E-state index is 13.6. The Morgan fingerprint density at radius 2 is 0.978 bits per heavy atom. The molecule has 89 heavy (non-hydrogen) atoms. The summed E-state index contributed by atoms with van der Waals surface area (Å²) in [6.07, 6.45) is 15.3. The Bertz CT molecular complexity index is 4450. The molecule has 0 aliphatic heterocycles. The van der Waals surface area contributed by atoms with Crippen LogP contribution in [0.15, 0.2) is 192 Å². The fraction of sp³-hybridized carbons (Fsp3) is 0.219. The van der Waals surface area contributed by atoms with Gasteiger partial charge >= 0.3 is 0 Å². The largest absolute Gasteiger partial charge is 0.349 e. The van der Waals surface area contributed by atoms with Gasteiger partial charge in [0.1, 0.15) is 11.6 Å². The van der Waals surface area contributed by atoms with E-state index in [-0.39, 0.29) is 50.6 Å². The molecule has 10 aromatic rings. The smallest absolute Gasteiger partial charge is 0.269 e.